The number of thiophene rings is 1. The first-order valence-electron chi connectivity index (χ1n) is 9.60. The highest BCUT2D eigenvalue weighted by Crippen LogP contribution is 2.26. The van der Waals surface area contributed by atoms with Gasteiger partial charge < -0.3 is 5.32 Å². The molecule has 1 aromatic carbocycles. The number of hydrogen-bond donors (Lipinski definition) is 1. The molecule has 8 heteroatoms. The van der Waals surface area contributed by atoms with E-state index in [1.54, 1.807) is 0 Å². The molecule has 3 rings (SSSR count). The number of nitrogens with zero attached hydrogens (tertiary/aromatic N) is 2. The first-order valence-corrected chi connectivity index (χ1v) is 10.5. The molecule has 30 heavy (non-hydrogen) atoms. The predicted molar refractivity (Wildman–Crippen MR) is 117 cm³/mol. The third-order valence-electron chi connectivity index (χ3n) is 4.58. The normalized spacial score (nSPS) is 12.0. The minimum atomic E-state index is -0.596. The number of carbonyl (C=O) groups is 1. The summed E-state index contributed by atoms with van der Waals surface area (Å²) in [5.74, 6) is 0.152. The number of rotatable bonds is 8. The van der Waals surface area contributed by atoms with Crippen LogP contribution < -0.4 is 10.9 Å². The van der Waals surface area contributed by atoms with Crippen LogP contribution in [0, 0.1) is 16.0 Å². The lowest BCUT2D eigenvalue weighted by molar-refractivity contribution is -0.385. The zero-order valence-electron chi connectivity index (χ0n) is 16.8. The van der Waals surface area contributed by atoms with Crippen LogP contribution in [0.4, 0.5) is 5.69 Å². The van der Waals surface area contributed by atoms with Crippen molar-refractivity contribution in [1.29, 1.82) is 0 Å². The molecule has 7 nitrogen and oxygen atoms in total. The Kier molecular flexibility index (Phi) is 6.79. The molecule has 1 N–H and O–H groups in total. The Morgan fingerprint density at radius 3 is 2.50 bits per heavy atom. The second-order valence-electron chi connectivity index (χ2n) is 7.47. The zero-order chi connectivity index (χ0) is 21.7. The van der Waals surface area contributed by atoms with E-state index in [1.165, 1.54) is 16.9 Å². The van der Waals surface area contributed by atoms with Gasteiger partial charge in [-0.05, 0) is 34.9 Å². The summed E-state index contributed by atoms with van der Waals surface area (Å²) in [7, 11) is 0. The van der Waals surface area contributed by atoms with E-state index < -0.39 is 16.4 Å². The molecule has 0 aliphatic heterocycles. The average molecular weight is 426 g/mol. The van der Waals surface area contributed by atoms with E-state index in [-0.39, 0.29) is 18.3 Å². The Morgan fingerprint density at radius 1 is 1.17 bits per heavy atom. The number of aromatic nitrogens is 1. The summed E-state index contributed by atoms with van der Waals surface area (Å²) in [6.07, 6.45) is 2.06. The van der Waals surface area contributed by atoms with Gasteiger partial charge in [0.1, 0.15) is 6.54 Å². The molecule has 1 unspecified atom stereocenters. The van der Waals surface area contributed by atoms with E-state index >= 15 is 0 Å². The summed E-state index contributed by atoms with van der Waals surface area (Å²) in [6.45, 7) is 4.03. The second-order valence-corrected chi connectivity index (χ2v) is 8.45. The van der Waals surface area contributed by atoms with Gasteiger partial charge in [0.15, 0.2) is 0 Å². The van der Waals surface area contributed by atoms with Crippen molar-refractivity contribution in [2.24, 2.45) is 5.92 Å². The lowest BCUT2D eigenvalue weighted by atomic mass is 9.99. The van der Waals surface area contributed by atoms with Crippen LogP contribution in [0.1, 0.15) is 35.9 Å². The Hall–Kier alpha value is -3.26. The van der Waals surface area contributed by atoms with Crippen molar-refractivity contribution >= 4 is 22.9 Å². The number of amides is 1. The molecule has 1 atom stereocenters. The summed E-state index contributed by atoms with van der Waals surface area (Å²) >= 11 is 1.53. The lowest BCUT2D eigenvalue weighted by Crippen LogP contribution is -2.34. The fourth-order valence-electron chi connectivity index (χ4n) is 3.20. The lowest BCUT2D eigenvalue weighted by Gasteiger charge is -2.19. The maximum absolute atomic E-state index is 12.7. The quantitative estimate of drug-likeness (QED) is 0.437. The number of carbonyl (C=O) groups excluding carboxylic acids is 1. The van der Waals surface area contributed by atoms with Crippen molar-refractivity contribution in [2.75, 3.05) is 0 Å². The number of benzene rings is 1. The van der Waals surface area contributed by atoms with Crippen molar-refractivity contribution in [2.45, 2.75) is 32.9 Å². The van der Waals surface area contributed by atoms with Gasteiger partial charge in [-0.3, -0.25) is 24.3 Å². The highest BCUT2D eigenvalue weighted by atomic mass is 32.1. The van der Waals surface area contributed by atoms with Crippen LogP contribution in [-0.4, -0.2) is 15.4 Å². The smallest absolute Gasteiger partial charge is 0.285 e. The van der Waals surface area contributed by atoms with Gasteiger partial charge in [0.2, 0.25) is 5.91 Å². The first-order chi connectivity index (χ1) is 14.3. The Bertz CT molecular complexity index is 1070. The highest BCUT2D eigenvalue weighted by molar-refractivity contribution is 7.10. The van der Waals surface area contributed by atoms with E-state index in [9.17, 15) is 19.7 Å². The summed E-state index contributed by atoms with van der Waals surface area (Å²) in [5, 5.41) is 15.9. The van der Waals surface area contributed by atoms with Crippen LogP contribution in [0.25, 0.3) is 0 Å². The standard InChI is InChI=1S/C22H23N3O4S/c1-15(2)12-16-5-7-17(8-6-16)22(19-4-3-11-30-19)23-20(26)14-24-13-18(25(28)29)9-10-21(24)27/h3-11,13,15,22H,12,14H2,1-2H3,(H,23,26). The first kappa shape index (κ1) is 21.4. The SMILES string of the molecule is CC(C)Cc1ccc(C(NC(=O)Cn2cc([N+](=O)[O-])ccc2=O)c2cccs2)cc1. The fourth-order valence-corrected chi connectivity index (χ4v) is 4.01. The molecule has 0 saturated carbocycles. The van der Waals surface area contributed by atoms with Gasteiger partial charge in [-0.25, -0.2) is 0 Å². The average Bonchev–Trinajstić information content (AvgIpc) is 3.22. The molecule has 3 aromatic rings. The monoisotopic (exact) mass is 425 g/mol. The molecule has 0 spiro atoms. The predicted octanol–water partition coefficient (Wildman–Crippen LogP) is 3.92. The zero-order valence-corrected chi connectivity index (χ0v) is 17.6. The minimum Gasteiger partial charge on any atom is -0.343 e. The van der Waals surface area contributed by atoms with Crippen LogP contribution in [0.2, 0.25) is 0 Å². The molecule has 0 aliphatic rings. The van der Waals surface area contributed by atoms with Crippen molar-refractivity contribution in [3.63, 3.8) is 0 Å². The summed E-state index contributed by atoms with van der Waals surface area (Å²) in [5.41, 5.74) is 1.46. The van der Waals surface area contributed by atoms with Crippen molar-refractivity contribution in [3.8, 4) is 0 Å². The third kappa shape index (κ3) is 5.42. The molecule has 156 valence electrons. The van der Waals surface area contributed by atoms with E-state index in [0.717, 1.165) is 39.8 Å². The summed E-state index contributed by atoms with van der Waals surface area (Å²) in [4.78, 5) is 36.0. The Morgan fingerprint density at radius 2 is 1.90 bits per heavy atom. The van der Waals surface area contributed by atoms with E-state index in [4.69, 9.17) is 0 Å². The van der Waals surface area contributed by atoms with Crippen LogP contribution in [0.3, 0.4) is 0 Å². The van der Waals surface area contributed by atoms with Crippen LogP contribution >= 0.6 is 11.3 Å². The van der Waals surface area contributed by atoms with Crippen LogP contribution in [0.5, 0.6) is 0 Å². The number of pyridine rings is 1. The van der Waals surface area contributed by atoms with E-state index in [0.29, 0.717) is 5.92 Å². The van der Waals surface area contributed by atoms with Crippen molar-refractivity contribution < 1.29 is 9.72 Å². The Balaban J connectivity index is 1.81. The fraction of sp³-hybridized carbons (Fsp3) is 0.273. The molecule has 0 aliphatic carbocycles. The van der Waals surface area contributed by atoms with Gasteiger partial charge in [-0.1, -0.05) is 44.2 Å². The van der Waals surface area contributed by atoms with Crippen molar-refractivity contribution in [1.82, 2.24) is 9.88 Å². The van der Waals surface area contributed by atoms with Gasteiger partial charge in [-0.15, -0.1) is 11.3 Å². The molecule has 2 aromatic heterocycles. The summed E-state index contributed by atoms with van der Waals surface area (Å²) < 4.78 is 1.05. The minimum absolute atomic E-state index is 0.238. The molecular formula is C22H23N3O4S. The van der Waals surface area contributed by atoms with Crippen LogP contribution in [-0.2, 0) is 17.8 Å². The van der Waals surface area contributed by atoms with E-state index in [2.05, 4.69) is 31.3 Å². The highest BCUT2D eigenvalue weighted by Gasteiger charge is 2.19. The van der Waals surface area contributed by atoms with Gasteiger partial charge in [0.05, 0.1) is 17.2 Å². The number of hydrogen-bond acceptors (Lipinski definition) is 5. The number of nitro groups is 1. The molecule has 2 heterocycles. The third-order valence-corrected chi connectivity index (χ3v) is 5.52. The molecule has 0 bridgehead atoms. The maximum atomic E-state index is 12.7. The van der Waals surface area contributed by atoms with Gasteiger partial charge in [-0.2, -0.15) is 0 Å². The van der Waals surface area contributed by atoms with Gasteiger partial charge in [0, 0.05) is 17.0 Å². The molecular weight excluding hydrogens is 402 g/mol. The molecule has 0 fully saturated rings. The van der Waals surface area contributed by atoms with Crippen molar-refractivity contribution in [3.05, 3.63) is 96.6 Å². The van der Waals surface area contributed by atoms with E-state index in [1.807, 2.05) is 29.6 Å². The Labute approximate surface area is 178 Å². The molecule has 1 amide bonds. The van der Waals surface area contributed by atoms with Gasteiger partial charge in [0.25, 0.3) is 11.2 Å². The largest absolute Gasteiger partial charge is 0.343 e. The molecule has 0 radical (unpaired) electrons. The maximum Gasteiger partial charge on any atom is 0.285 e. The second kappa shape index (κ2) is 9.49. The topological polar surface area (TPSA) is 94.2 Å². The molecule has 0 saturated heterocycles. The number of nitrogens with one attached hydrogen (secondary N) is 1. The van der Waals surface area contributed by atoms with Crippen LogP contribution in [0.15, 0.2) is 64.9 Å². The van der Waals surface area contributed by atoms with Gasteiger partial charge >= 0.3 is 0 Å². The summed E-state index contributed by atoms with van der Waals surface area (Å²) in [6, 6.07) is 13.8.